The van der Waals surface area contributed by atoms with Gasteiger partial charge in [0.2, 0.25) is 0 Å². The topological polar surface area (TPSA) is 71.4 Å². The van der Waals surface area contributed by atoms with Gasteiger partial charge in [-0.05, 0) is 38.0 Å². The van der Waals surface area contributed by atoms with Crippen LogP contribution in [0.5, 0.6) is 0 Å². The molecule has 0 saturated carbocycles. The highest BCUT2D eigenvalue weighted by Crippen LogP contribution is 2.22. The van der Waals surface area contributed by atoms with Crippen molar-refractivity contribution in [2.24, 2.45) is 0 Å². The SMILES string of the molecule is CCc1ccc(C(=O)O)cc1S(=O)(=O)C(C)C. The predicted molar refractivity (Wildman–Crippen MR) is 65.1 cm³/mol. The van der Waals surface area contributed by atoms with Crippen molar-refractivity contribution in [3.05, 3.63) is 29.3 Å². The first-order valence-corrected chi connectivity index (χ1v) is 6.95. The van der Waals surface area contributed by atoms with Gasteiger partial charge in [-0.1, -0.05) is 13.0 Å². The van der Waals surface area contributed by atoms with E-state index in [1.54, 1.807) is 19.9 Å². The first kappa shape index (κ1) is 13.7. The molecule has 0 aliphatic carbocycles. The van der Waals surface area contributed by atoms with Gasteiger partial charge in [0.15, 0.2) is 9.84 Å². The smallest absolute Gasteiger partial charge is 0.335 e. The maximum absolute atomic E-state index is 12.1. The highest BCUT2D eigenvalue weighted by molar-refractivity contribution is 7.92. The van der Waals surface area contributed by atoms with E-state index in [1.807, 2.05) is 6.92 Å². The van der Waals surface area contributed by atoms with Crippen molar-refractivity contribution in [1.82, 2.24) is 0 Å². The van der Waals surface area contributed by atoms with Gasteiger partial charge in [0.1, 0.15) is 0 Å². The summed E-state index contributed by atoms with van der Waals surface area (Å²) in [4.78, 5) is 11.0. The van der Waals surface area contributed by atoms with E-state index in [9.17, 15) is 13.2 Å². The van der Waals surface area contributed by atoms with Gasteiger partial charge < -0.3 is 5.11 Å². The average Bonchev–Trinajstić information content (AvgIpc) is 2.27. The molecule has 1 N–H and O–H groups in total. The molecule has 0 saturated heterocycles. The van der Waals surface area contributed by atoms with Crippen LogP contribution in [0.25, 0.3) is 0 Å². The Kier molecular flexibility index (Phi) is 3.93. The number of hydrogen-bond acceptors (Lipinski definition) is 3. The lowest BCUT2D eigenvalue weighted by Crippen LogP contribution is -2.16. The minimum atomic E-state index is -3.44. The molecule has 0 aliphatic rings. The minimum absolute atomic E-state index is 0.00132. The van der Waals surface area contributed by atoms with Crippen LogP contribution in [-0.4, -0.2) is 24.7 Å². The van der Waals surface area contributed by atoms with Gasteiger partial charge in [-0.3, -0.25) is 0 Å². The first-order valence-electron chi connectivity index (χ1n) is 5.40. The molecule has 0 amide bonds. The summed E-state index contributed by atoms with van der Waals surface area (Å²) >= 11 is 0. The van der Waals surface area contributed by atoms with Crippen molar-refractivity contribution in [2.45, 2.75) is 37.3 Å². The Morgan fingerprint density at radius 3 is 2.35 bits per heavy atom. The number of aromatic carboxylic acids is 1. The van der Waals surface area contributed by atoms with Crippen LogP contribution in [0, 0.1) is 0 Å². The van der Waals surface area contributed by atoms with Crippen molar-refractivity contribution in [1.29, 1.82) is 0 Å². The molecular formula is C12H16O4S. The average molecular weight is 256 g/mol. The van der Waals surface area contributed by atoms with E-state index >= 15 is 0 Å². The summed E-state index contributed by atoms with van der Waals surface area (Å²) in [7, 11) is -3.44. The van der Waals surface area contributed by atoms with Gasteiger partial charge in [0.25, 0.3) is 0 Å². The highest BCUT2D eigenvalue weighted by Gasteiger charge is 2.23. The lowest BCUT2D eigenvalue weighted by atomic mass is 10.1. The van der Waals surface area contributed by atoms with Gasteiger partial charge in [-0.2, -0.15) is 0 Å². The van der Waals surface area contributed by atoms with Crippen molar-refractivity contribution >= 4 is 15.8 Å². The van der Waals surface area contributed by atoms with Crippen LogP contribution in [0.3, 0.4) is 0 Å². The molecule has 0 radical (unpaired) electrons. The number of rotatable bonds is 4. The summed E-state index contributed by atoms with van der Waals surface area (Å²) in [6, 6.07) is 4.25. The predicted octanol–water partition coefficient (Wildman–Crippen LogP) is 2.13. The Balaban J connectivity index is 3.49. The molecule has 0 heterocycles. The number of benzene rings is 1. The van der Waals surface area contributed by atoms with Gasteiger partial charge in [0.05, 0.1) is 15.7 Å². The molecule has 17 heavy (non-hydrogen) atoms. The van der Waals surface area contributed by atoms with E-state index in [0.717, 1.165) is 0 Å². The molecule has 0 unspecified atom stereocenters. The summed E-state index contributed by atoms with van der Waals surface area (Å²) in [5.74, 6) is -1.12. The fourth-order valence-corrected chi connectivity index (χ4v) is 2.88. The molecule has 0 spiro atoms. The molecule has 0 atom stereocenters. The summed E-state index contributed by atoms with van der Waals surface area (Å²) in [6.45, 7) is 5.01. The number of aryl methyl sites for hydroxylation is 1. The molecule has 1 rings (SSSR count). The minimum Gasteiger partial charge on any atom is -0.478 e. The van der Waals surface area contributed by atoms with E-state index in [1.165, 1.54) is 12.1 Å². The molecule has 0 bridgehead atoms. The molecule has 0 aliphatic heterocycles. The standard InChI is InChI=1S/C12H16O4S/c1-4-9-5-6-10(12(13)14)7-11(9)17(15,16)8(2)3/h5-8H,4H2,1-3H3,(H,13,14). The van der Waals surface area contributed by atoms with E-state index < -0.39 is 21.1 Å². The van der Waals surface area contributed by atoms with Gasteiger partial charge in [-0.25, -0.2) is 13.2 Å². The van der Waals surface area contributed by atoms with E-state index in [4.69, 9.17) is 5.11 Å². The third-order valence-electron chi connectivity index (χ3n) is 2.62. The number of sulfone groups is 1. The molecule has 1 aromatic rings. The Labute approximate surface area is 101 Å². The second-order valence-electron chi connectivity index (χ2n) is 4.07. The van der Waals surface area contributed by atoms with Crippen LogP contribution in [0.4, 0.5) is 0 Å². The first-order chi connectivity index (χ1) is 7.80. The second kappa shape index (κ2) is 4.87. The molecule has 5 heteroatoms. The van der Waals surface area contributed by atoms with Gasteiger partial charge >= 0.3 is 5.97 Å². The summed E-state index contributed by atoms with van der Waals surface area (Å²) in [6.07, 6.45) is 0.557. The third kappa shape index (κ3) is 2.66. The van der Waals surface area contributed by atoms with E-state index in [-0.39, 0.29) is 10.5 Å². The van der Waals surface area contributed by atoms with Gasteiger partial charge in [-0.15, -0.1) is 0 Å². The fourth-order valence-electron chi connectivity index (χ4n) is 1.50. The van der Waals surface area contributed by atoms with Crippen LogP contribution in [-0.2, 0) is 16.3 Å². The Morgan fingerprint density at radius 1 is 1.35 bits per heavy atom. The number of carboxylic acids is 1. The van der Waals surface area contributed by atoms with Crippen LogP contribution >= 0.6 is 0 Å². The summed E-state index contributed by atoms with van der Waals surface area (Å²) < 4.78 is 24.2. The number of carboxylic acid groups (broad SMARTS) is 1. The van der Waals surface area contributed by atoms with Crippen LogP contribution < -0.4 is 0 Å². The van der Waals surface area contributed by atoms with Crippen molar-refractivity contribution in [3.8, 4) is 0 Å². The monoisotopic (exact) mass is 256 g/mol. The van der Waals surface area contributed by atoms with Crippen molar-refractivity contribution < 1.29 is 18.3 Å². The van der Waals surface area contributed by atoms with E-state index in [2.05, 4.69) is 0 Å². The lowest BCUT2D eigenvalue weighted by Gasteiger charge is -2.12. The zero-order chi connectivity index (χ0) is 13.2. The molecule has 0 aromatic heterocycles. The zero-order valence-electron chi connectivity index (χ0n) is 10.1. The van der Waals surface area contributed by atoms with Crippen molar-refractivity contribution in [2.75, 3.05) is 0 Å². The van der Waals surface area contributed by atoms with Gasteiger partial charge in [0, 0.05) is 0 Å². The third-order valence-corrected chi connectivity index (χ3v) is 4.86. The zero-order valence-corrected chi connectivity index (χ0v) is 10.9. The lowest BCUT2D eigenvalue weighted by molar-refractivity contribution is 0.0696. The number of hydrogen-bond donors (Lipinski definition) is 1. The largest absolute Gasteiger partial charge is 0.478 e. The van der Waals surface area contributed by atoms with Crippen LogP contribution in [0.2, 0.25) is 0 Å². The Bertz CT molecular complexity index is 529. The highest BCUT2D eigenvalue weighted by atomic mass is 32.2. The van der Waals surface area contributed by atoms with Crippen LogP contribution in [0.1, 0.15) is 36.7 Å². The van der Waals surface area contributed by atoms with Crippen molar-refractivity contribution in [3.63, 3.8) is 0 Å². The molecule has 0 fully saturated rings. The number of carbonyl (C=O) groups is 1. The maximum atomic E-state index is 12.1. The normalized spacial score (nSPS) is 11.8. The Morgan fingerprint density at radius 2 is 1.94 bits per heavy atom. The van der Waals surface area contributed by atoms with Crippen LogP contribution in [0.15, 0.2) is 23.1 Å². The second-order valence-corrected chi connectivity index (χ2v) is 6.55. The summed E-state index contributed by atoms with van der Waals surface area (Å²) in [5, 5.41) is 8.32. The summed E-state index contributed by atoms with van der Waals surface area (Å²) in [5.41, 5.74) is 0.658. The quantitative estimate of drug-likeness (QED) is 0.895. The Hall–Kier alpha value is -1.36. The molecular weight excluding hydrogens is 240 g/mol. The molecule has 94 valence electrons. The molecule has 4 nitrogen and oxygen atoms in total. The maximum Gasteiger partial charge on any atom is 0.335 e. The fraction of sp³-hybridized carbons (Fsp3) is 0.417. The van der Waals surface area contributed by atoms with E-state index in [0.29, 0.717) is 12.0 Å². The molecule has 1 aromatic carbocycles.